The second-order valence-electron chi connectivity index (χ2n) is 4.87. The lowest BCUT2D eigenvalue weighted by Gasteiger charge is -2.19. The van der Waals surface area contributed by atoms with Gasteiger partial charge in [0.15, 0.2) is 0 Å². The zero-order valence-electron chi connectivity index (χ0n) is 11.5. The van der Waals surface area contributed by atoms with Crippen molar-refractivity contribution in [3.63, 3.8) is 0 Å². The van der Waals surface area contributed by atoms with Gasteiger partial charge in [0, 0.05) is 0 Å². The van der Waals surface area contributed by atoms with Crippen molar-refractivity contribution in [3.8, 4) is 6.07 Å². The zero-order chi connectivity index (χ0) is 14.8. The number of hydrogen-bond acceptors (Lipinski definition) is 2. The van der Waals surface area contributed by atoms with E-state index in [0.717, 1.165) is 16.6 Å². The second-order valence-corrected chi connectivity index (χ2v) is 4.87. The van der Waals surface area contributed by atoms with Gasteiger partial charge in [-0.05, 0) is 30.7 Å². The van der Waals surface area contributed by atoms with Crippen LogP contribution in [0, 0.1) is 11.3 Å². The van der Waals surface area contributed by atoms with Crippen LogP contribution in [0.3, 0.4) is 0 Å². The predicted octanol–water partition coefficient (Wildman–Crippen LogP) is 3.16. The van der Waals surface area contributed by atoms with Gasteiger partial charge in [-0.15, -0.1) is 0 Å². The van der Waals surface area contributed by atoms with Crippen molar-refractivity contribution in [3.05, 3.63) is 59.7 Å². The third-order valence-electron chi connectivity index (χ3n) is 3.44. The van der Waals surface area contributed by atoms with Crippen LogP contribution in [0.4, 0.5) is 4.79 Å². The summed E-state index contributed by atoms with van der Waals surface area (Å²) in [6.45, 7) is 1.94. The van der Waals surface area contributed by atoms with Gasteiger partial charge in [0.1, 0.15) is 0 Å². The Morgan fingerprint density at radius 1 is 1.29 bits per heavy atom. The summed E-state index contributed by atoms with van der Waals surface area (Å²) in [4.78, 5) is 12.2. The Labute approximate surface area is 121 Å². The maximum absolute atomic E-state index is 12.2. The molecule has 0 aliphatic rings. The third-order valence-corrected chi connectivity index (χ3v) is 3.44. The van der Waals surface area contributed by atoms with Gasteiger partial charge in [0.2, 0.25) is 0 Å². The van der Waals surface area contributed by atoms with E-state index >= 15 is 0 Å². The van der Waals surface area contributed by atoms with Crippen LogP contribution in [-0.4, -0.2) is 15.8 Å². The van der Waals surface area contributed by atoms with Crippen LogP contribution in [-0.2, 0) is 0 Å². The normalized spacial score (nSPS) is 12.0. The van der Waals surface area contributed by atoms with Gasteiger partial charge in [-0.3, -0.25) is 5.10 Å². The molecule has 0 saturated heterocycles. The lowest BCUT2D eigenvalue weighted by atomic mass is 10.1. The highest BCUT2D eigenvalue weighted by Gasteiger charge is 2.15. The standard InChI is InChI=1S/C16H14N4O/c1-11(13-5-3-2-4-6-13)18-16(21)20-15-8-7-12(10-17)9-14(15)19-20/h2-9,11,19H,1H3,(H,18,21)/t11-/m0/s1. The molecule has 0 unspecified atom stereocenters. The van der Waals surface area contributed by atoms with E-state index in [1.54, 1.807) is 18.2 Å². The Kier molecular flexibility index (Phi) is 3.20. The predicted molar refractivity (Wildman–Crippen MR) is 79.8 cm³/mol. The van der Waals surface area contributed by atoms with Crippen molar-refractivity contribution >= 4 is 17.1 Å². The summed E-state index contributed by atoms with van der Waals surface area (Å²) in [6.07, 6.45) is 0. The maximum Gasteiger partial charge on any atom is 0.341 e. The average molecular weight is 278 g/mol. The smallest absolute Gasteiger partial charge is 0.330 e. The molecule has 1 heterocycles. The topological polar surface area (TPSA) is 73.6 Å². The fourth-order valence-electron chi connectivity index (χ4n) is 2.25. The van der Waals surface area contributed by atoms with Crippen LogP contribution in [0.25, 0.3) is 11.0 Å². The van der Waals surface area contributed by atoms with E-state index in [1.807, 2.05) is 37.3 Å². The van der Waals surface area contributed by atoms with Crippen molar-refractivity contribution < 1.29 is 4.79 Å². The molecule has 5 heteroatoms. The summed E-state index contributed by atoms with van der Waals surface area (Å²) >= 11 is 0. The lowest BCUT2D eigenvalue weighted by Crippen LogP contribution is -2.34. The molecule has 104 valence electrons. The van der Waals surface area contributed by atoms with Crippen LogP contribution >= 0.6 is 0 Å². The summed E-state index contributed by atoms with van der Waals surface area (Å²) in [5.41, 5.74) is 3.17. The van der Waals surface area contributed by atoms with E-state index < -0.39 is 0 Å². The minimum Gasteiger partial charge on any atom is -0.330 e. The second kappa shape index (κ2) is 5.17. The largest absolute Gasteiger partial charge is 0.341 e. The number of amides is 1. The molecule has 1 amide bonds. The van der Waals surface area contributed by atoms with E-state index in [2.05, 4.69) is 16.5 Å². The van der Waals surface area contributed by atoms with Gasteiger partial charge in [0.05, 0.1) is 28.7 Å². The lowest BCUT2D eigenvalue weighted by molar-refractivity contribution is 0.237. The molecule has 0 spiro atoms. The molecule has 3 aromatic rings. The average Bonchev–Trinajstić information content (AvgIpc) is 2.49. The first-order chi connectivity index (χ1) is 10.2. The molecule has 0 fully saturated rings. The summed E-state index contributed by atoms with van der Waals surface area (Å²) in [7, 11) is 0. The van der Waals surface area contributed by atoms with Crippen molar-refractivity contribution in [1.29, 1.82) is 5.26 Å². The molecule has 2 aromatic carbocycles. The number of nitrogens with one attached hydrogen (secondary N) is 2. The molecule has 1 atom stereocenters. The van der Waals surface area contributed by atoms with Crippen molar-refractivity contribution in [2.24, 2.45) is 0 Å². The number of nitriles is 1. The summed E-state index contributed by atoms with van der Waals surface area (Å²) < 4.78 is 1.44. The first kappa shape index (κ1) is 13.0. The quantitative estimate of drug-likeness (QED) is 0.755. The minimum atomic E-state index is -0.219. The molecule has 5 nitrogen and oxygen atoms in total. The van der Waals surface area contributed by atoms with Gasteiger partial charge < -0.3 is 5.32 Å². The van der Waals surface area contributed by atoms with Crippen molar-refractivity contribution in [2.75, 3.05) is 0 Å². The highest BCUT2D eigenvalue weighted by molar-refractivity contribution is 5.91. The number of H-pyrrole nitrogens is 1. The van der Waals surface area contributed by atoms with E-state index in [1.165, 1.54) is 4.68 Å². The van der Waals surface area contributed by atoms with E-state index in [4.69, 9.17) is 5.26 Å². The van der Waals surface area contributed by atoms with Crippen LogP contribution in [0.5, 0.6) is 0 Å². The summed E-state index contributed by atoms with van der Waals surface area (Å²) in [6, 6.07) is 16.7. The highest BCUT2D eigenvalue weighted by Crippen LogP contribution is 2.17. The molecular formula is C16H14N4O. The molecule has 0 aliphatic carbocycles. The van der Waals surface area contributed by atoms with Gasteiger partial charge in [-0.25, -0.2) is 9.48 Å². The molecule has 0 bridgehead atoms. The third kappa shape index (κ3) is 2.39. The minimum absolute atomic E-state index is 0.0806. The number of hydrogen-bond donors (Lipinski definition) is 2. The monoisotopic (exact) mass is 278 g/mol. The van der Waals surface area contributed by atoms with Crippen LogP contribution in [0.2, 0.25) is 0 Å². The Hall–Kier alpha value is -3.00. The summed E-state index contributed by atoms with van der Waals surface area (Å²) in [5, 5.41) is 14.7. The number of carbonyl (C=O) groups is 1. The summed E-state index contributed by atoms with van der Waals surface area (Å²) in [5.74, 6) is 0. The fraction of sp³-hybridized carbons (Fsp3) is 0.125. The van der Waals surface area contributed by atoms with E-state index in [0.29, 0.717) is 5.56 Å². The van der Waals surface area contributed by atoms with Crippen LogP contribution in [0.1, 0.15) is 24.1 Å². The van der Waals surface area contributed by atoms with Crippen molar-refractivity contribution in [2.45, 2.75) is 13.0 Å². The Balaban J connectivity index is 1.77. The Morgan fingerprint density at radius 3 is 2.71 bits per heavy atom. The molecule has 1 aromatic heterocycles. The Morgan fingerprint density at radius 2 is 2.05 bits per heavy atom. The Bertz CT molecular complexity index is 823. The van der Waals surface area contributed by atoms with Gasteiger partial charge >= 0.3 is 6.03 Å². The van der Waals surface area contributed by atoms with Crippen LogP contribution < -0.4 is 5.32 Å². The first-order valence-corrected chi connectivity index (χ1v) is 6.65. The highest BCUT2D eigenvalue weighted by atomic mass is 16.2. The zero-order valence-corrected chi connectivity index (χ0v) is 11.5. The van der Waals surface area contributed by atoms with Gasteiger partial charge in [-0.1, -0.05) is 30.3 Å². The number of nitrogens with zero attached hydrogens (tertiary/aromatic N) is 2. The first-order valence-electron chi connectivity index (χ1n) is 6.65. The molecule has 0 aliphatic heterocycles. The van der Waals surface area contributed by atoms with E-state index in [-0.39, 0.29) is 12.1 Å². The SMILES string of the molecule is C[C@H](NC(=O)n1[nH]c2cc(C#N)ccc21)c1ccccc1. The molecular weight excluding hydrogens is 264 g/mol. The van der Waals surface area contributed by atoms with E-state index in [9.17, 15) is 4.79 Å². The number of benzene rings is 2. The van der Waals surface area contributed by atoms with Crippen molar-refractivity contribution in [1.82, 2.24) is 15.1 Å². The van der Waals surface area contributed by atoms with Crippen LogP contribution in [0.15, 0.2) is 48.5 Å². The number of rotatable bonds is 2. The number of aromatic nitrogens is 2. The molecule has 0 saturated carbocycles. The molecule has 2 N–H and O–H groups in total. The molecule has 21 heavy (non-hydrogen) atoms. The van der Waals surface area contributed by atoms with Gasteiger partial charge in [-0.2, -0.15) is 5.26 Å². The van der Waals surface area contributed by atoms with Gasteiger partial charge in [0.25, 0.3) is 0 Å². The number of aromatic amines is 1. The number of carbonyl (C=O) groups excluding carboxylic acids is 1. The molecule has 3 rings (SSSR count). The number of fused-ring (bicyclic) bond motifs is 1. The molecule has 0 radical (unpaired) electrons. The fourth-order valence-corrected chi connectivity index (χ4v) is 2.25. The maximum atomic E-state index is 12.2.